The highest BCUT2D eigenvalue weighted by atomic mass is 16.5. The van der Waals surface area contributed by atoms with Crippen molar-refractivity contribution in [3.05, 3.63) is 29.8 Å². The van der Waals surface area contributed by atoms with E-state index < -0.39 is 18.0 Å². The second-order valence-corrected chi connectivity index (χ2v) is 4.20. The molecule has 0 fully saturated rings. The molecule has 7 heteroatoms. The number of nitrogens with two attached hydrogens (primary N) is 1. The summed E-state index contributed by atoms with van der Waals surface area (Å²) in [4.78, 5) is 22.0. The standard InChI is InChI=1S/C13H19N3O4/c1-9(17)10-3-2-4-11(7-10)16-13(19)15-5-6-20-8-12(14)18/h2-4,7,9,17H,5-6,8H2,1H3,(H2,14,18)(H2,15,16,19). The number of ether oxygens (including phenoxy) is 1. The number of benzene rings is 1. The number of nitrogens with one attached hydrogen (secondary N) is 2. The van der Waals surface area contributed by atoms with Gasteiger partial charge in [0, 0.05) is 12.2 Å². The smallest absolute Gasteiger partial charge is 0.319 e. The van der Waals surface area contributed by atoms with E-state index >= 15 is 0 Å². The second-order valence-electron chi connectivity index (χ2n) is 4.20. The number of carbonyl (C=O) groups excluding carboxylic acids is 2. The maximum atomic E-state index is 11.6. The Kier molecular flexibility index (Phi) is 6.48. The fourth-order valence-corrected chi connectivity index (χ4v) is 1.46. The van der Waals surface area contributed by atoms with Gasteiger partial charge in [-0.25, -0.2) is 4.79 Å². The molecule has 20 heavy (non-hydrogen) atoms. The summed E-state index contributed by atoms with van der Waals surface area (Å²) in [6, 6.07) is 6.53. The van der Waals surface area contributed by atoms with E-state index in [1.807, 2.05) is 0 Å². The van der Waals surface area contributed by atoms with E-state index in [4.69, 9.17) is 10.5 Å². The van der Waals surface area contributed by atoms with Crippen LogP contribution in [0.25, 0.3) is 0 Å². The molecule has 0 bridgehead atoms. The number of hydrogen-bond acceptors (Lipinski definition) is 4. The third-order valence-electron chi connectivity index (χ3n) is 2.40. The maximum absolute atomic E-state index is 11.6. The van der Waals surface area contributed by atoms with Crippen molar-refractivity contribution in [3.8, 4) is 0 Å². The molecule has 3 amide bonds. The zero-order valence-corrected chi connectivity index (χ0v) is 11.3. The highest BCUT2D eigenvalue weighted by Crippen LogP contribution is 2.16. The lowest BCUT2D eigenvalue weighted by atomic mass is 10.1. The minimum atomic E-state index is -0.595. The fraction of sp³-hybridized carbons (Fsp3) is 0.385. The molecule has 0 saturated carbocycles. The first-order valence-corrected chi connectivity index (χ1v) is 6.18. The van der Waals surface area contributed by atoms with Gasteiger partial charge in [0.2, 0.25) is 5.91 Å². The Morgan fingerprint density at radius 3 is 2.85 bits per heavy atom. The second kappa shape index (κ2) is 8.13. The molecular formula is C13H19N3O4. The highest BCUT2D eigenvalue weighted by Gasteiger charge is 2.04. The lowest BCUT2D eigenvalue weighted by Gasteiger charge is -2.10. The Bertz CT molecular complexity index is 463. The largest absolute Gasteiger partial charge is 0.389 e. The molecule has 7 nitrogen and oxygen atoms in total. The molecule has 1 unspecified atom stereocenters. The number of aliphatic hydroxyl groups excluding tert-OH is 1. The first-order chi connectivity index (χ1) is 9.49. The molecule has 1 atom stereocenters. The molecule has 0 aromatic heterocycles. The Labute approximate surface area is 117 Å². The van der Waals surface area contributed by atoms with Crippen LogP contribution in [-0.2, 0) is 9.53 Å². The van der Waals surface area contributed by atoms with Gasteiger partial charge < -0.3 is 26.2 Å². The van der Waals surface area contributed by atoms with E-state index in [9.17, 15) is 14.7 Å². The van der Waals surface area contributed by atoms with E-state index in [0.29, 0.717) is 11.3 Å². The van der Waals surface area contributed by atoms with Crippen LogP contribution in [0.3, 0.4) is 0 Å². The van der Waals surface area contributed by atoms with Crippen molar-refractivity contribution in [2.45, 2.75) is 13.0 Å². The van der Waals surface area contributed by atoms with Crippen LogP contribution in [0.15, 0.2) is 24.3 Å². The SMILES string of the molecule is CC(O)c1cccc(NC(=O)NCCOCC(N)=O)c1. The van der Waals surface area contributed by atoms with Gasteiger partial charge in [-0.15, -0.1) is 0 Å². The van der Waals surface area contributed by atoms with E-state index in [2.05, 4.69) is 10.6 Å². The van der Waals surface area contributed by atoms with Crippen LogP contribution in [0.2, 0.25) is 0 Å². The summed E-state index contributed by atoms with van der Waals surface area (Å²) in [6.45, 7) is 1.94. The summed E-state index contributed by atoms with van der Waals surface area (Å²) in [5.74, 6) is -0.551. The van der Waals surface area contributed by atoms with Crippen LogP contribution < -0.4 is 16.4 Å². The zero-order chi connectivity index (χ0) is 15.0. The lowest BCUT2D eigenvalue weighted by molar-refractivity contribution is -0.122. The summed E-state index contributed by atoms with van der Waals surface area (Å²) in [5.41, 5.74) is 6.19. The molecular weight excluding hydrogens is 262 g/mol. The Hall–Kier alpha value is -2.12. The van der Waals surface area contributed by atoms with E-state index in [-0.39, 0.29) is 19.8 Å². The first-order valence-electron chi connectivity index (χ1n) is 6.18. The van der Waals surface area contributed by atoms with Gasteiger partial charge in [-0.2, -0.15) is 0 Å². The minimum Gasteiger partial charge on any atom is -0.389 e. The summed E-state index contributed by atoms with van der Waals surface area (Å²) >= 11 is 0. The molecule has 0 aliphatic carbocycles. The number of hydrogen-bond donors (Lipinski definition) is 4. The average molecular weight is 281 g/mol. The quantitative estimate of drug-likeness (QED) is 0.540. The lowest BCUT2D eigenvalue weighted by Crippen LogP contribution is -2.32. The first kappa shape index (κ1) is 15.9. The predicted molar refractivity (Wildman–Crippen MR) is 74.1 cm³/mol. The Balaban J connectivity index is 2.31. The van der Waals surface area contributed by atoms with E-state index in [0.717, 1.165) is 0 Å². The van der Waals surface area contributed by atoms with Crippen LogP contribution in [-0.4, -0.2) is 36.8 Å². The molecule has 5 N–H and O–H groups in total. The van der Waals surface area contributed by atoms with Gasteiger partial charge in [0.1, 0.15) is 6.61 Å². The van der Waals surface area contributed by atoms with Crippen LogP contribution in [0.5, 0.6) is 0 Å². The monoisotopic (exact) mass is 281 g/mol. The van der Waals surface area contributed by atoms with Crippen molar-refractivity contribution in [3.63, 3.8) is 0 Å². The molecule has 1 rings (SSSR count). The van der Waals surface area contributed by atoms with E-state index in [1.54, 1.807) is 31.2 Å². The fourth-order valence-electron chi connectivity index (χ4n) is 1.46. The molecule has 0 heterocycles. The van der Waals surface area contributed by atoms with Gasteiger partial charge >= 0.3 is 6.03 Å². The van der Waals surface area contributed by atoms with Crippen molar-refractivity contribution in [2.24, 2.45) is 5.73 Å². The highest BCUT2D eigenvalue weighted by molar-refractivity contribution is 5.89. The normalized spacial score (nSPS) is 11.7. The summed E-state index contributed by atoms with van der Waals surface area (Å²) in [6.07, 6.45) is -0.595. The molecule has 0 radical (unpaired) electrons. The average Bonchev–Trinajstić information content (AvgIpc) is 2.38. The van der Waals surface area contributed by atoms with Gasteiger partial charge in [0.05, 0.1) is 12.7 Å². The molecule has 1 aromatic carbocycles. The van der Waals surface area contributed by atoms with Gasteiger partial charge in [0.15, 0.2) is 0 Å². The van der Waals surface area contributed by atoms with Crippen LogP contribution in [0.1, 0.15) is 18.6 Å². The maximum Gasteiger partial charge on any atom is 0.319 e. The van der Waals surface area contributed by atoms with E-state index in [1.165, 1.54) is 0 Å². The summed E-state index contributed by atoms with van der Waals surface area (Å²) in [7, 11) is 0. The van der Waals surface area contributed by atoms with Gasteiger partial charge in [0.25, 0.3) is 0 Å². The summed E-state index contributed by atoms with van der Waals surface area (Å²) < 4.78 is 4.90. The number of carbonyl (C=O) groups is 2. The van der Waals surface area contributed by atoms with Crippen LogP contribution in [0.4, 0.5) is 10.5 Å². The number of anilines is 1. The third-order valence-corrected chi connectivity index (χ3v) is 2.40. The van der Waals surface area contributed by atoms with Crippen LogP contribution in [0, 0.1) is 0 Å². The van der Waals surface area contributed by atoms with Gasteiger partial charge in [-0.1, -0.05) is 12.1 Å². The Morgan fingerprint density at radius 2 is 2.20 bits per heavy atom. The predicted octanol–water partition coefficient (Wildman–Crippen LogP) is 0.363. The molecule has 0 saturated heterocycles. The van der Waals surface area contributed by atoms with Crippen molar-refractivity contribution < 1.29 is 19.4 Å². The van der Waals surface area contributed by atoms with Crippen LogP contribution >= 0.6 is 0 Å². The van der Waals surface area contributed by atoms with Gasteiger partial charge in [-0.3, -0.25) is 4.79 Å². The summed E-state index contributed by atoms with van der Waals surface area (Å²) in [5, 5.41) is 14.6. The zero-order valence-electron chi connectivity index (χ0n) is 11.3. The number of amides is 3. The van der Waals surface area contributed by atoms with Gasteiger partial charge in [-0.05, 0) is 24.6 Å². The third kappa shape index (κ3) is 6.17. The number of rotatable bonds is 7. The number of primary amides is 1. The molecule has 110 valence electrons. The minimum absolute atomic E-state index is 0.167. The van der Waals surface area contributed by atoms with Crippen molar-refractivity contribution in [1.29, 1.82) is 0 Å². The van der Waals surface area contributed by atoms with Crippen molar-refractivity contribution in [2.75, 3.05) is 25.1 Å². The molecule has 0 aliphatic rings. The molecule has 0 spiro atoms. The topological polar surface area (TPSA) is 114 Å². The van der Waals surface area contributed by atoms with Crippen molar-refractivity contribution in [1.82, 2.24) is 5.32 Å². The number of urea groups is 1. The molecule has 0 aliphatic heterocycles. The molecule has 1 aromatic rings. The number of aliphatic hydroxyl groups is 1. The Morgan fingerprint density at radius 1 is 1.45 bits per heavy atom. The van der Waals surface area contributed by atoms with Crippen molar-refractivity contribution >= 4 is 17.6 Å².